The molecule has 2 N–H and O–H groups in total. The van der Waals surface area contributed by atoms with E-state index < -0.39 is 0 Å². The van der Waals surface area contributed by atoms with Gasteiger partial charge in [0, 0.05) is 31.6 Å². The Hall–Kier alpha value is -1.83. The number of carbonyl (C=O) groups excluding carboxylic acids is 1. The first-order valence-electron chi connectivity index (χ1n) is 8.13. The van der Waals surface area contributed by atoms with Gasteiger partial charge in [0.25, 0.3) is 0 Å². The number of amides is 1. The van der Waals surface area contributed by atoms with Crippen LogP contribution in [0.2, 0.25) is 5.02 Å². The van der Waals surface area contributed by atoms with Crippen LogP contribution in [0.3, 0.4) is 0 Å². The number of unbranched alkanes of at least 4 members (excludes halogenated alkanes) is 1. The second-order valence-corrected chi connectivity index (χ2v) is 6.10. The maximum absolute atomic E-state index is 11.5. The lowest BCUT2D eigenvalue weighted by molar-refractivity contribution is -0.121. The Morgan fingerprint density at radius 2 is 2.16 bits per heavy atom. The topological polar surface area (TPSA) is 89.4 Å². The van der Waals surface area contributed by atoms with Gasteiger partial charge in [0.15, 0.2) is 12.5 Å². The Labute approximate surface area is 151 Å². The fourth-order valence-corrected chi connectivity index (χ4v) is 2.76. The zero-order chi connectivity index (χ0) is 18.2. The molecular weight excluding hydrogens is 348 g/mol. The molecule has 1 aromatic carbocycles. The van der Waals surface area contributed by atoms with Crippen molar-refractivity contribution in [2.75, 3.05) is 27.1 Å². The van der Waals surface area contributed by atoms with Crippen molar-refractivity contribution in [2.45, 2.75) is 26.2 Å². The van der Waals surface area contributed by atoms with Crippen molar-refractivity contribution in [3.8, 4) is 11.5 Å². The van der Waals surface area contributed by atoms with Crippen molar-refractivity contribution in [1.82, 2.24) is 5.43 Å². The van der Waals surface area contributed by atoms with E-state index in [9.17, 15) is 4.79 Å². The predicted molar refractivity (Wildman–Crippen MR) is 94.2 cm³/mol. The molecule has 0 aliphatic carbocycles. The number of aliphatic hydroxyl groups is 1. The maximum atomic E-state index is 11.5. The minimum absolute atomic E-state index is 0.0225. The predicted octanol–water partition coefficient (Wildman–Crippen LogP) is 2.33. The third kappa shape index (κ3) is 5.07. The molecule has 0 saturated carbocycles. The van der Waals surface area contributed by atoms with Crippen LogP contribution in [0.25, 0.3) is 0 Å². The number of carbonyl (C=O) groups is 1. The van der Waals surface area contributed by atoms with Crippen molar-refractivity contribution in [1.29, 1.82) is 0 Å². The van der Waals surface area contributed by atoms with E-state index >= 15 is 0 Å². The monoisotopic (exact) mass is 370 g/mol. The zero-order valence-electron chi connectivity index (χ0n) is 14.4. The number of ether oxygens (including phenoxy) is 3. The summed E-state index contributed by atoms with van der Waals surface area (Å²) >= 11 is 6.46. The number of halogens is 1. The van der Waals surface area contributed by atoms with E-state index in [0.29, 0.717) is 47.2 Å². The molecule has 0 radical (unpaired) electrons. The van der Waals surface area contributed by atoms with Gasteiger partial charge in [0.05, 0.1) is 12.3 Å². The molecular formula is C17H23ClN2O5. The third-order valence-corrected chi connectivity index (χ3v) is 4.09. The molecule has 7 nitrogen and oxygen atoms in total. The van der Waals surface area contributed by atoms with E-state index in [1.165, 1.54) is 7.11 Å². The number of nitrogens with zero attached hydrogens (tertiary/aromatic N) is 1. The van der Waals surface area contributed by atoms with E-state index in [4.69, 9.17) is 30.9 Å². The first-order chi connectivity index (χ1) is 12.1. The van der Waals surface area contributed by atoms with Crippen molar-refractivity contribution in [3.05, 3.63) is 22.7 Å². The molecule has 1 amide bonds. The molecule has 1 atom stereocenters. The quantitative estimate of drug-likeness (QED) is 0.514. The summed E-state index contributed by atoms with van der Waals surface area (Å²) in [6.07, 6.45) is 1.73. The number of benzene rings is 1. The van der Waals surface area contributed by atoms with Crippen molar-refractivity contribution < 1.29 is 24.1 Å². The van der Waals surface area contributed by atoms with Gasteiger partial charge < -0.3 is 19.3 Å². The minimum atomic E-state index is -0.120. The molecule has 1 aliphatic heterocycles. The van der Waals surface area contributed by atoms with E-state index in [0.717, 1.165) is 6.42 Å². The summed E-state index contributed by atoms with van der Waals surface area (Å²) in [5.41, 5.74) is 3.88. The Bertz CT molecular complexity index is 636. The van der Waals surface area contributed by atoms with E-state index in [1.54, 1.807) is 6.07 Å². The van der Waals surface area contributed by atoms with Gasteiger partial charge >= 0.3 is 0 Å². The highest BCUT2D eigenvalue weighted by Gasteiger charge is 2.26. The summed E-state index contributed by atoms with van der Waals surface area (Å²) in [7, 11) is 1.52. The van der Waals surface area contributed by atoms with Crippen LogP contribution in [-0.2, 0) is 9.53 Å². The summed E-state index contributed by atoms with van der Waals surface area (Å²) in [6, 6.07) is 3.56. The van der Waals surface area contributed by atoms with Gasteiger partial charge in [-0.15, -0.1) is 0 Å². The second kappa shape index (κ2) is 9.60. The summed E-state index contributed by atoms with van der Waals surface area (Å²) in [5, 5.41) is 13.3. The molecule has 0 spiro atoms. The lowest BCUT2D eigenvalue weighted by Gasteiger charge is -2.22. The number of aliphatic hydroxyl groups excluding tert-OH is 1. The summed E-state index contributed by atoms with van der Waals surface area (Å²) < 4.78 is 16.3. The smallest absolute Gasteiger partial charge is 0.240 e. The van der Waals surface area contributed by atoms with Gasteiger partial charge in [-0.05, 0) is 25.0 Å². The highest BCUT2D eigenvalue weighted by Crippen LogP contribution is 2.39. The van der Waals surface area contributed by atoms with Crippen LogP contribution in [0.1, 0.15) is 31.7 Å². The van der Waals surface area contributed by atoms with Gasteiger partial charge in [-0.1, -0.05) is 18.5 Å². The van der Waals surface area contributed by atoms with Crippen molar-refractivity contribution >= 4 is 23.2 Å². The molecule has 138 valence electrons. The molecule has 1 unspecified atom stereocenters. The van der Waals surface area contributed by atoms with Crippen LogP contribution < -0.4 is 14.9 Å². The van der Waals surface area contributed by atoms with Gasteiger partial charge in [-0.25, -0.2) is 5.43 Å². The molecule has 0 fully saturated rings. The van der Waals surface area contributed by atoms with Gasteiger partial charge in [0.2, 0.25) is 5.91 Å². The Balaban J connectivity index is 2.29. The van der Waals surface area contributed by atoms with Crippen LogP contribution in [0.15, 0.2) is 17.2 Å². The second-order valence-electron chi connectivity index (χ2n) is 5.72. The molecule has 25 heavy (non-hydrogen) atoms. The molecule has 0 aromatic heterocycles. The van der Waals surface area contributed by atoms with E-state index in [1.807, 2.05) is 13.0 Å². The lowest BCUT2D eigenvalue weighted by Crippen LogP contribution is -2.32. The summed E-state index contributed by atoms with van der Waals surface area (Å²) in [5.74, 6) is 0.712. The third-order valence-electron chi connectivity index (χ3n) is 3.73. The first-order valence-corrected chi connectivity index (χ1v) is 8.51. The molecule has 8 heteroatoms. The van der Waals surface area contributed by atoms with Gasteiger partial charge in [0.1, 0.15) is 10.8 Å². The van der Waals surface area contributed by atoms with Crippen LogP contribution in [0, 0.1) is 5.92 Å². The molecule has 0 bridgehead atoms. The Morgan fingerprint density at radius 3 is 2.84 bits per heavy atom. The van der Waals surface area contributed by atoms with Gasteiger partial charge in [-0.2, -0.15) is 5.10 Å². The SMILES string of the molecule is COCOc1c(C2=NNC(=O)CC2C)ccc(OCCCCO)c1Cl. The van der Waals surface area contributed by atoms with Crippen molar-refractivity contribution in [3.63, 3.8) is 0 Å². The first kappa shape index (κ1) is 19.5. The summed E-state index contributed by atoms with van der Waals surface area (Å²) in [6.45, 7) is 2.51. The average molecular weight is 371 g/mol. The molecule has 2 rings (SSSR count). The van der Waals surface area contributed by atoms with Crippen LogP contribution >= 0.6 is 11.6 Å². The molecule has 0 saturated heterocycles. The lowest BCUT2D eigenvalue weighted by atomic mass is 9.93. The van der Waals surface area contributed by atoms with Gasteiger partial charge in [-0.3, -0.25) is 4.79 Å². The summed E-state index contributed by atoms with van der Waals surface area (Å²) in [4.78, 5) is 11.5. The van der Waals surface area contributed by atoms with E-state index in [-0.39, 0.29) is 25.2 Å². The number of rotatable bonds is 9. The molecule has 1 heterocycles. The normalized spacial score (nSPS) is 17.0. The Kier molecular flexibility index (Phi) is 7.49. The number of hydrogen-bond acceptors (Lipinski definition) is 6. The number of methoxy groups -OCH3 is 1. The fraction of sp³-hybridized carbons (Fsp3) is 0.529. The number of nitrogens with one attached hydrogen (secondary N) is 1. The highest BCUT2D eigenvalue weighted by atomic mass is 35.5. The van der Waals surface area contributed by atoms with Crippen LogP contribution in [0.5, 0.6) is 11.5 Å². The molecule has 1 aromatic rings. The largest absolute Gasteiger partial charge is 0.492 e. The van der Waals surface area contributed by atoms with Crippen LogP contribution in [0.4, 0.5) is 0 Å². The zero-order valence-corrected chi connectivity index (χ0v) is 15.1. The van der Waals surface area contributed by atoms with Crippen LogP contribution in [-0.4, -0.2) is 43.8 Å². The van der Waals surface area contributed by atoms with Crippen molar-refractivity contribution in [2.24, 2.45) is 11.0 Å². The average Bonchev–Trinajstić information content (AvgIpc) is 2.59. The highest BCUT2D eigenvalue weighted by molar-refractivity contribution is 6.34. The number of hydrazone groups is 1. The van der Waals surface area contributed by atoms with E-state index in [2.05, 4.69) is 10.5 Å². The Morgan fingerprint density at radius 1 is 1.36 bits per heavy atom. The number of hydrogen-bond donors (Lipinski definition) is 2. The maximum Gasteiger partial charge on any atom is 0.240 e. The standard InChI is InChI=1S/C17H23ClN2O5/c1-11-9-14(22)19-20-16(11)12-5-6-13(24-8-4-3-7-21)15(18)17(12)25-10-23-2/h5-6,11,21H,3-4,7-10H2,1-2H3,(H,19,22). The fourth-order valence-electron chi connectivity index (χ4n) is 2.48. The molecule has 1 aliphatic rings. The minimum Gasteiger partial charge on any atom is -0.492 e.